The van der Waals surface area contributed by atoms with Crippen molar-refractivity contribution in [3.05, 3.63) is 46.2 Å². The Morgan fingerprint density at radius 3 is 2.82 bits per heavy atom. The molecule has 1 aromatic rings. The van der Waals surface area contributed by atoms with Gasteiger partial charge in [-0.3, -0.25) is 10.1 Å². The van der Waals surface area contributed by atoms with Crippen molar-refractivity contribution >= 4 is 17.3 Å². The lowest BCUT2D eigenvalue weighted by Gasteiger charge is -2.02. The maximum Gasteiger partial charge on any atom is 0.334 e. The molecule has 0 saturated carbocycles. The Kier molecular flexibility index (Phi) is 4.21. The molecule has 0 radical (unpaired) electrons. The second kappa shape index (κ2) is 5.64. The van der Waals surface area contributed by atoms with E-state index in [0.29, 0.717) is 11.3 Å². The summed E-state index contributed by atoms with van der Waals surface area (Å²) < 4.78 is 4.51. The van der Waals surface area contributed by atoms with Crippen molar-refractivity contribution in [2.75, 3.05) is 12.4 Å². The maximum absolute atomic E-state index is 11.1. The van der Waals surface area contributed by atoms with Crippen LogP contribution in [-0.4, -0.2) is 18.0 Å². The molecule has 0 atom stereocenters. The summed E-state index contributed by atoms with van der Waals surface area (Å²) in [5.41, 5.74) is 0.889. The van der Waals surface area contributed by atoms with Gasteiger partial charge in [0.05, 0.1) is 17.6 Å². The van der Waals surface area contributed by atoms with Gasteiger partial charge in [0.15, 0.2) is 0 Å². The minimum Gasteiger partial charge on any atom is -0.466 e. The molecule has 6 heteroatoms. The zero-order valence-corrected chi connectivity index (χ0v) is 9.47. The highest BCUT2D eigenvalue weighted by Crippen LogP contribution is 2.17. The Balaban J connectivity index is 2.79. The van der Waals surface area contributed by atoms with Gasteiger partial charge in [-0.05, 0) is 13.0 Å². The number of ether oxygens (including phenoxy) is 1. The molecule has 1 aromatic carbocycles. The highest BCUT2D eigenvalue weighted by atomic mass is 16.6. The van der Waals surface area contributed by atoms with Gasteiger partial charge in [-0.1, -0.05) is 6.07 Å². The molecule has 17 heavy (non-hydrogen) atoms. The molecule has 1 N–H and O–H groups in total. The van der Waals surface area contributed by atoms with Gasteiger partial charge in [-0.2, -0.15) is 0 Å². The van der Waals surface area contributed by atoms with Gasteiger partial charge in [0, 0.05) is 24.0 Å². The van der Waals surface area contributed by atoms with Crippen LogP contribution in [0.5, 0.6) is 0 Å². The van der Waals surface area contributed by atoms with Crippen molar-refractivity contribution < 1.29 is 14.5 Å². The van der Waals surface area contributed by atoms with Crippen LogP contribution in [0.3, 0.4) is 0 Å². The van der Waals surface area contributed by atoms with Crippen LogP contribution in [0.15, 0.2) is 36.0 Å². The van der Waals surface area contributed by atoms with Crippen molar-refractivity contribution in [3.63, 3.8) is 0 Å². The number of esters is 1. The molecule has 0 unspecified atom stereocenters. The highest BCUT2D eigenvalue weighted by molar-refractivity contribution is 5.88. The first kappa shape index (κ1) is 12.7. The van der Waals surface area contributed by atoms with Crippen LogP contribution in [0.2, 0.25) is 0 Å². The molecule has 0 aliphatic carbocycles. The van der Waals surface area contributed by atoms with Gasteiger partial charge >= 0.3 is 5.97 Å². The number of nitrogens with one attached hydrogen (secondary N) is 1. The number of anilines is 1. The van der Waals surface area contributed by atoms with Gasteiger partial charge < -0.3 is 10.1 Å². The lowest BCUT2D eigenvalue weighted by atomic mass is 10.2. The summed E-state index contributed by atoms with van der Waals surface area (Å²) in [4.78, 5) is 21.1. The number of hydrogen-bond donors (Lipinski definition) is 1. The third kappa shape index (κ3) is 3.60. The van der Waals surface area contributed by atoms with Crippen molar-refractivity contribution in [1.82, 2.24) is 0 Å². The topological polar surface area (TPSA) is 81.5 Å². The fraction of sp³-hybridized carbons (Fsp3) is 0.182. The molecule has 0 aromatic heterocycles. The molecule has 0 spiro atoms. The van der Waals surface area contributed by atoms with E-state index >= 15 is 0 Å². The fourth-order valence-electron chi connectivity index (χ4n) is 1.12. The van der Waals surface area contributed by atoms with Crippen LogP contribution in [0.1, 0.15) is 6.92 Å². The summed E-state index contributed by atoms with van der Waals surface area (Å²) in [6.07, 6.45) is 1.44. The minimum absolute atomic E-state index is 0.0147. The molecule has 0 aliphatic rings. The standard InChI is InChI=1S/C11H12N2O4/c1-8(11(14)17-2)7-12-9-4-3-5-10(6-9)13(15)16/h3-7,12H,1-2H3/b8-7+. The van der Waals surface area contributed by atoms with Crippen LogP contribution in [0.4, 0.5) is 11.4 Å². The van der Waals surface area contributed by atoms with E-state index in [-0.39, 0.29) is 5.69 Å². The molecule has 0 heterocycles. The van der Waals surface area contributed by atoms with Crippen molar-refractivity contribution in [2.24, 2.45) is 0 Å². The van der Waals surface area contributed by atoms with Crippen LogP contribution in [0, 0.1) is 10.1 Å². The number of nitro groups is 1. The lowest BCUT2D eigenvalue weighted by molar-refractivity contribution is -0.384. The monoisotopic (exact) mass is 236 g/mol. The third-order valence-corrected chi connectivity index (χ3v) is 2.02. The Bertz CT molecular complexity index is 468. The van der Waals surface area contributed by atoms with E-state index < -0.39 is 10.9 Å². The lowest BCUT2D eigenvalue weighted by Crippen LogP contribution is -2.03. The smallest absolute Gasteiger partial charge is 0.334 e. The second-order valence-electron chi connectivity index (χ2n) is 3.27. The quantitative estimate of drug-likeness (QED) is 0.374. The summed E-state index contributed by atoms with van der Waals surface area (Å²) in [5.74, 6) is -0.456. The van der Waals surface area contributed by atoms with Crippen LogP contribution in [-0.2, 0) is 9.53 Å². The van der Waals surface area contributed by atoms with E-state index in [1.165, 1.54) is 25.4 Å². The van der Waals surface area contributed by atoms with E-state index in [4.69, 9.17) is 0 Å². The first-order chi connectivity index (χ1) is 8.04. The van der Waals surface area contributed by atoms with E-state index in [1.54, 1.807) is 19.1 Å². The van der Waals surface area contributed by atoms with E-state index in [2.05, 4.69) is 10.1 Å². The number of methoxy groups -OCH3 is 1. The number of carbonyl (C=O) groups is 1. The Morgan fingerprint density at radius 1 is 1.53 bits per heavy atom. The molecular weight excluding hydrogens is 224 g/mol. The van der Waals surface area contributed by atoms with Gasteiger partial charge in [0.25, 0.3) is 5.69 Å². The molecule has 0 fully saturated rings. The number of non-ortho nitro benzene ring substituents is 1. The van der Waals surface area contributed by atoms with Gasteiger partial charge in [-0.25, -0.2) is 4.79 Å². The summed E-state index contributed by atoms with van der Waals surface area (Å²) in [5, 5.41) is 13.3. The molecule has 6 nitrogen and oxygen atoms in total. The summed E-state index contributed by atoms with van der Waals surface area (Å²) >= 11 is 0. The Labute approximate surface area is 98.0 Å². The van der Waals surface area contributed by atoms with Gasteiger partial charge in [0.2, 0.25) is 0 Å². The summed E-state index contributed by atoms with van der Waals surface area (Å²) in [6.45, 7) is 1.58. The highest BCUT2D eigenvalue weighted by Gasteiger charge is 2.05. The molecule has 90 valence electrons. The Morgan fingerprint density at radius 2 is 2.24 bits per heavy atom. The van der Waals surface area contributed by atoms with Gasteiger partial charge in [0.1, 0.15) is 0 Å². The second-order valence-corrected chi connectivity index (χ2v) is 3.27. The van der Waals surface area contributed by atoms with Crippen LogP contribution >= 0.6 is 0 Å². The molecular formula is C11H12N2O4. The largest absolute Gasteiger partial charge is 0.466 e. The van der Waals surface area contributed by atoms with Crippen molar-refractivity contribution in [1.29, 1.82) is 0 Å². The van der Waals surface area contributed by atoms with Crippen LogP contribution < -0.4 is 5.32 Å². The summed E-state index contributed by atoms with van der Waals surface area (Å²) in [7, 11) is 1.28. The molecule has 0 saturated heterocycles. The molecule has 1 rings (SSSR count). The van der Waals surface area contributed by atoms with Crippen LogP contribution in [0.25, 0.3) is 0 Å². The normalized spacial score (nSPS) is 10.8. The van der Waals surface area contributed by atoms with E-state index in [0.717, 1.165) is 0 Å². The predicted molar refractivity (Wildman–Crippen MR) is 62.5 cm³/mol. The SMILES string of the molecule is COC(=O)/C(C)=C/Nc1cccc([N+](=O)[O-])c1. The zero-order valence-electron chi connectivity index (χ0n) is 9.47. The number of nitrogens with zero attached hydrogens (tertiary/aromatic N) is 1. The third-order valence-electron chi connectivity index (χ3n) is 2.02. The maximum atomic E-state index is 11.1. The Hall–Kier alpha value is -2.37. The molecule has 0 amide bonds. The zero-order chi connectivity index (χ0) is 12.8. The average molecular weight is 236 g/mol. The molecule has 0 bridgehead atoms. The van der Waals surface area contributed by atoms with Crippen molar-refractivity contribution in [3.8, 4) is 0 Å². The number of rotatable bonds is 4. The fourth-order valence-corrected chi connectivity index (χ4v) is 1.12. The first-order valence-electron chi connectivity index (χ1n) is 4.80. The van der Waals surface area contributed by atoms with E-state index in [9.17, 15) is 14.9 Å². The van der Waals surface area contributed by atoms with E-state index in [1.807, 2.05) is 0 Å². The number of carbonyl (C=O) groups excluding carboxylic acids is 1. The summed E-state index contributed by atoms with van der Waals surface area (Å²) in [6, 6.07) is 5.99. The predicted octanol–water partition coefficient (Wildman–Crippen LogP) is 2.08. The number of hydrogen-bond acceptors (Lipinski definition) is 5. The number of benzene rings is 1. The molecule has 0 aliphatic heterocycles. The average Bonchev–Trinajstić information content (AvgIpc) is 2.35. The minimum atomic E-state index is -0.484. The first-order valence-corrected chi connectivity index (χ1v) is 4.80. The van der Waals surface area contributed by atoms with Gasteiger partial charge in [-0.15, -0.1) is 0 Å². The number of nitro benzene ring substituents is 1. The van der Waals surface area contributed by atoms with Crippen molar-refractivity contribution in [2.45, 2.75) is 6.92 Å².